The maximum atomic E-state index is 11.9. The molecule has 2 N–H and O–H groups in total. The summed E-state index contributed by atoms with van der Waals surface area (Å²) in [5.74, 6) is -0.261. The Morgan fingerprint density at radius 2 is 2.17 bits per heavy atom. The van der Waals surface area contributed by atoms with Crippen LogP contribution in [-0.4, -0.2) is 30.7 Å². The van der Waals surface area contributed by atoms with Gasteiger partial charge in [-0.3, -0.25) is 4.79 Å². The third kappa shape index (κ3) is 4.40. The van der Waals surface area contributed by atoms with Crippen LogP contribution >= 0.6 is 11.6 Å². The molecule has 0 aliphatic rings. The second-order valence-corrected chi connectivity index (χ2v) is 3.83. The number of hydrogen-bond donors (Lipinski definition) is 2. The molecule has 4 nitrogen and oxygen atoms in total. The molecule has 18 heavy (non-hydrogen) atoms. The third-order valence-electron chi connectivity index (χ3n) is 2.05. The Morgan fingerprint density at radius 1 is 1.50 bits per heavy atom. The minimum Gasteiger partial charge on any atom is -0.373 e. The van der Waals surface area contributed by atoms with Gasteiger partial charge < -0.3 is 10.6 Å². The van der Waals surface area contributed by atoms with Crippen molar-refractivity contribution in [1.82, 2.24) is 10.3 Å². The van der Waals surface area contributed by atoms with Crippen molar-refractivity contribution in [2.75, 3.05) is 18.9 Å². The molecule has 0 aliphatic heterocycles. The Labute approximate surface area is 107 Å². The van der Waals surface area contributed by atoms with Crippen LogP contribution in [0.3, 0.4) is 0 Å². The van der Waals surface area contributed by atoms with Gasteiger partial charge in [0.2, 0.25) is 0 Å². The molecule has 8 heteroatoms. The molecular formula is C10H11ClF3N3O. The first kappa shape index (κ1) is 14.6. The summed E-state index contributed by atoms with van der Waals surface area (Å²) in [7, 11) is 1.60. The summed E-state index contributed by atoms with van der Waals surface area (Å²) in [4.78, 5) is 15.5. The first-order valence-electron chi connectivity index (χ1n) is 5.01. The van der Waals surface area contributed by atoms with E-state index in [1.54, 1.807) is 7.05 Å². The van der Waals surface area contributed by atoms with E-state index in [0.717, 1.165) is 0 Å². The summed E-state index contributed by atoms with van der Waals surface area (Å²) in [6, 6.07) is 1.37. The Kier molecular flexibility index (Phi) is 4.77. The highest BCUT2D eigenvalue weighted by atomic mass is 35.5. The van der Waals surface area contributed by atoms with Gasteiger partial charge in [-0.05, 0) is 6.07 Å². The zero-order chi connectivity index (χ0) is 13.8. The molecule has 100 valence electrons. The molecule has 0 saturated carbocycles. The van der Waals surface area contributed by atoms with Gasteiger partial charge in [0, 0.05) is 19.8 Å². The molecule has 1 aromatic rings. The molecule has 0 atom stereocenters. The monoisotopic (exact) mass is 281 g/mol. The minimum atomic E-state index is -4.30. The van der Waals surface area contributed by atoms with Crippen LogP contribution in [0.5, 0.6) is 0 Å². The lowest BCUT2D eigenvalue weighted by Gasteiger charge is -2.09. The molecular weight excluding hydrogens is 271 g/mol. The highest BCUT2D eigenvalue weighted by Gasteiger charge is 2.26. The number of carbonyl (C=O) groups excluding carboxylic acids is 1. The van der Waals surface area contributed by atoms with Crippen LogP contribution in [0.1, 0.15) is 16.8 Å². The molecule has 1 heterocycles. The number of nitrogens with one attached hydrogen (secondary N) is 2. The lowest BCUT2D eigenvalue weighted by molar-refractivity contribution is -0.132. The van der Waals surface area contributed by atoms with Crippen molar-refractivity contribution in [3.63, 3.8) is 0 Å². The Bertz CT molecular complexity index is 437. The molecule has 0 bridgehead atoms. The summed E-state index contributed by atoms with van der Waals surface area (Å²) in [5.41, 5.74) is 0.0817. The lowest BCUT2D eigenvalue weighted by Crippen LogP contribution is -2.28. The van der Waals surface area contributed by atoms with Crippen molar-refractivity contribution >= 4 is 23.3 Å². The van der Waals surface area contributed by atoms with E-state index in [4.69, 9.17) is 11.6 Å². The highest BCUT2D eigenvalue weighted by molar-refractivity contribution is 6.33. The molecule has 0 unspecified atom stereocenters. The van der Waals surface area contributed by atoms with Crippen molar-refractivity contribution in [2.45, 2.75) is 12.6 Å². The highest BCUT2D eigenvalue weighted by Crippen LogP contribution is 2.20. The Balaban J connectivity index is 2.66. The summed E-state index contributed by atoms with van der Waals surface area (Å²) in [5, 5.41) is 4.93. The topological polar surface area (TPSA) is 54.0 Å². The number of halogens is 4. The van der Waals surface area contributed by atoms with Gasteiger partial charge in [-0.1, -0.05) is 11.6 Å². The largest absolute Gasteiger partial charge is 0.390 e. The standard InChI is InChI=1S/C10H11ClF3N3O/c1-15-8-4-6(7(11)5-17-8)9(18)16-3-2-10(12,13)14/h4-5H,2-3H2,1H3,(H,15,17)(H,16,18). The van der Waals surface area contributed by atoms with E-state index in [1.165, 1.54) is 12.3 Å². The van der Waals surface area contributed by atoms with E-state index >= 15 is 0 Å². The summed E-state index contributed by atoms with van der Waals surface area (Å²) >= 11 is 5.74. The van der Waals surface area contributed by atoms with Crippen LogP contribution in [-0.2, 0) is 0 Å². The molecule has 0 radical (unpaired) electrons. The quantitative estimate of drug-likeness (QED) is 0.891. The SMILES string of the molecule is CNc1cc(C(=O)NCCC(F)(F)F)c(Cl)cn1. The summed E-state index contributed by atoms with van der Waals surface area (Å²) in [6.45, 7) is -0.490. The van der Waals surface area contributed by atoms with Crippen molar-refractivity contribution in [1.29, 1.82) is 0 Å². The normalized spacial score (nSPS) is 11.2. The number of carbonyl (C=O) groups is 1. The van der Waals surface area contributed by atoms with Crippen LogP contribution in [0, 0.1) is 0 Å². The molecule has 0 aromatic carbocycles. The predicted molar refractivity (Wildman–Crippen MR) is 61.8 cm³/mol. The van der Waals surface area contributed by atoms with Gasteiger partial charge in [0.05, 0.1) is 17.0 Å². The molecule has 0 saturated heterocycles. The van der Waals surface area contributed by atoms with E-state index in [-0.39, 0.29) is 10.6 Å². The fraction of sp³-hybridized carbons (Fsp3) is 0.400. The van der Waals surface area contributed by atoms with E-state index in [0.29, 0.717) is 5.82 Å². The van der Waals surface area contributed by atoms with Gasteiger partial charge in [0.15, 0.2) is 0 Å². The van der Waals surface area contributed by atoms with Crippen LogP contribution < -0.4 is 10.6 Å². The second kappa shape index (κ2) is 5.90. The van der Waals surface area contributed by atoms with Gasteiger partial charge in [-0.15, -0.1) is 0 Å². The third-order valence-corrected chi connectivity index (χ3v) is 2.35. The van der Waals surface area contributed by atoms with Crippen molar-refractivity contribution < 1.29 is 18.0 Å². The van der Waals surface area contributed by atoms with Gasteiger partial charge in [-0.25, -0.2) is 4.98 Å². The van der Waals surface area contributed by atoms with Crippen molar-refractivity contribution in [3.05, 3.63) is 22.8 Å². The number of rotatable bonds is 4. The Hall–Kier alpha value is -1.50. The lowest BCUT2D eigenvalue weighted by atomic mass is 10.2. The van der Waals surface area contributed by atoms with Gasteiger partial charge in [0.25, 0.3) is 5.91 Å². The average Bonchev–Trinajstić information content (AvgIpc) is 2.27. The van der Waals surface area contributed by atoms with Crippen LogP contribution in [0.4, 0.5) is 19.0 Å². The van der Waals surface area contributed by atoms with Gasteiger partial charge in [-0.2, -0.15) is 13.2 Å². The second-order valence-electron chi connectivity index (χ2n) is 3.42. The minimum absolute atomic E-state index is 0.0817. The van der Waals surface area contributed by atoms with E-state index in [9.17, 15) is 18.0 Å². The van der Waals surface area contributed by atoms with Gasteiger partial charge >= 0.3 is 6.18 Å². The smallest absolute Gasteiger partial charge is 0.373 e. The first-order valence-corrected chi connectivity index (χ1v) is 5.39. The number of aromatic nitrogens is 1. The van der Waals surface area contributed by atoms with Gasteiger partial charge in [0.1, 0.15) is 5.82 Å². The number of anilines is 1. The van der Waals surface area contributed by atoms with E-state index in [1.807, 2.05) is 0 Å². The van der Waals surface area contributed by atoms with Crippen molar-refractivity contribution in [2.24, 2.45) is 0 Å². The van der Waals surface area contributed by atoms with Crippen LogP contribution in [0.2, 0.25) is 5.02 Å². The summed E-state index contributed by atoms with van der Waals surface area (Å²) < 4.78 is 35.7. The molecule has 0 fully saturated rings. The number of pyridine rings is 1. The molecule has 1 rings (SSSR count). The Morgan fingerprint density at radius 3 is 2.72 bits per heavy atom. The van der Waals surface area contributed by atoms with Crippen molar-refractivity contribution in [3.8, 4) is 0 Å². The molecule has 1 aromatic heterocycles. The average molecular weight is 282 g/mol. The number of hydrogen-bond acceptors (Lipinski definition) is 3. The maximum Gasteiger partial charge on any atom is 0.390 e. The van der Waals surface area contributed by atoms with Crippen LogP contribution in [0.25, 0.3) is 0 Å². The first-order chi connectivity index (χ1) is 8.33. The van der Waals surface area contributed by atoms with E-state index in [2.05, 4.69) is 15.6 Å². The van der Waals surface area contributed by atoms with E-state index < -0.39 is 25.0 Å². The maximum absolute atomic E-state index is 11.9. The number of nitrogens with zero attached hydrogens (tertiary/aromatic N) is 1. The summed E-state index contributed by atoms with van der Waals surface area (Å²) in [6.07, 6.45) is -4.13. The fourth-order valence-electron chi connectivity index (χ4n) is 1.16. The molecule has 0 aliphatic carbocycles. The molecule has 0 spiro atoms. The zero-order valence-corrected chi connectivity index (χ0v) is 10.2. The number of alkyl halides is 3. The fourth-order valence-corrected chi connectivity index (χ4v) is 1.35. The molecule has 1 amide bonds. The van der Waals surface area contributed by atoms with Crippen LogP contribution in [0.15, 0.2) is 12.3 Å². The number of amides is 1. The predicted octanol–water partition coefficient (Wildman–Crippen LogP) is 2.46. The zero-order valence-electron chi connectivity index (χ0n) is 9.44.